The van der Waals surface area contributed by atoms with Crippen LogP contribution < -0.4 is 0 Å². The van der Waals surface area contributed by atoms with E-state index < -0.39 is 0 Å². The molecule has 1 heterocycles. The fourth-order valence-corrected chi connectivity index (χ4v) is 4.95. The van der Waals surface area contributed by atoms with Crippen LogP contribution in [0.2, 0.25) is 0 Å². The van der Waals surface area contributed by atoms with Gasteiger partial charge in [-0.05, 0) is 53.4 Å². The number of aliphatic hydroxyl groups excluding tert-OH is 1. The summed E-state index contributed by atoms with van der Waals surface area (Å²) >= 11 is 0. The van der Waals surface area contributed by atoms with Crippen molar-refractivity contribution in [1.82, 2.24) is 4.90 Å². The van der Waals surface area contributed by atoms with Gasteiger partial charge in [0.1, 0.15) is 0 Å². The van der Waals surface area contributed by atoms with E-state index in [9.17, 15) is 5.11 Å². The quantitative estimate of drug-likeness (QED) is 0.615. The van der Waals surface area contributed by atoms with Crippen LogP contribution in [0.5, 0.6) is 0 Å². The number of piperidine rings is 1. The average molecular weight is 384 g/mol. The summed E-state index contributed by atoms with van der Waals surface area (Å²) in [5.41, 5.74) is 5.32. The number of likely N-dealkylation sites (tertiary alicyclic amines) is 1. The molecule has 3 aromatic carbocycles. The Hall–Kier alpha value is -2.42. The maximum atomic E-state index is 10.3. The van der Waals surface area contributed by atoms with Crippen LogP contribution in [-0.4, -0.2) is 29.2 Å². The minimum absolute atomic E-state index is 0.186. The zero-order valence-electron chi connectivity index (χ0n) is 16.8. The van der Waals surface area contributed by atoms with Crippen LogP contribution >= 0.6 is 0 Å². The van der Waals surface area contributed by atoms with Crippen molar-refractivity contribution >= 4 is 0 Å². The second-order valence-corrected chi connectivity index (χ2v) is 8.69. The molecule has 2 heteroatoms. The van der Waals surface area contributed by atoms with Gasteiger partial charge in [-0.3, -0.25) is 4.90 Å². The van der Waals surface area contributed by atoms with Gasteiger partial charge in [0, 0.05) is 19.1 Å². The highest BCUT2D eigenvalue weighted by Gasteiger charge is 2.41. The smallest absolute Gasteiger partial charge is 0.0570 e. The summed E-state index contributed by atoms with van der Waals surface area (Å²) in [6.45, 7) is 2.13. The molecular formula is C27H29NO. The van der Waals surface area contributed by atoms with Crippen LogP contribution in [0.4, 0.5) is 0 Å². The van der Waals surface area contributed by atoms with Gasteiger partial charge in [0.25, 0.3) is 0 Å². The van der Waals surface area contributed by atoms with Crippen LogP contribution in [0.25, 0.3) is 11.1 Å². The number of benzene rings is 3. The minimum Gasteiger partial charge on any atom is -0.393 e. The summed E-state index contributed by atoms with van der Waals surface area (Å²) in [6, 6.07) is 30.8. The standard InChI is InChI=1S/C27H29NO/c29-25-15-16-28(19-24-17-26(24)22-9-5-2-6-10-22)27(18-25)23-13-11-21(12-14-23)20-7-3-1-4-8-20/h1-14,24-27,29H,15-19H2. The first-order chi connectivity index (χ1) is 14.3. The van der Waals surface area contributed by atoms with Crippen molar-refractivity contribution in [3.8, 4) is 11.1 Å². The van der Waals surface area contributed by atoms with Gasteiger partial charge in [-0.1, -0.05) is 84.9 Å². The lowest BCUT2D eigenvalue weighted by molar-refractivity contribution is 0.0380. The Labute approximate surface area is 173 Å². The molecule has 1 aliphatic carbocycles. The highest BCUT2D eigenvalue weighted by molar-refractivity contribution is 5.63. The van der Waals surface area contributed by atoms with Crippen LogP contribution in [-0.2, 0) is 0 Å². The molecule has 2 fully saturated rings. The summed E-state index contributed by atoms with van der Waals surface area (Å²) in [7, 11) is 0. The molecule has 2 nitrogen and oxygen atoms in total. The Morgan fingerprint density at radius 3 is 2.10 bits per heavy atom. The first-order valence-electron chi connectivity index (χ1n) is 10.9. The average Bonchev–Trinajstić information content (AvgIpc) is 3.56. The second-order valence-electron chi connectivity index (χ2n) is 8.69. The Bertz CT molecular complexity index is 922. The van der Waals surface area contributed by atoms with Crippen LogP contribution in [0, 0.1) is 5.92 Å². The molecule has 0 radical (unpaired) electrons. The van der Waals surface area contributed by atoms with E-state index in [0.717, 1.165) is 31.8 Å². The Morgan fingerprint density at radius 1 is 0.724 bits per heavy atom. The van der Waals surface area contributed by atoms with E-state index in [2.05, 4.69) is 89.8 Å². The highest BCUT2D eigenvalue weighted by Crippen LogP contribution is 2.49. The zero-order chi connectivity index (χ0) is 19.6. The molecule has 2 aliphatic rings. The lowest BCUT2D eigenvalue weighted by atomic mass is 9.91. The first kappa shape index (κ1) is 18.6. The molecule has 4 unspecified atom stereocenters. The van der Waals surface area contributed by atoms with E-state index in [1.165, 1.54) is 28.7 Å². The molecule has 1 aliphatic heterocycles. The van der Waals surface area contributed by atoms with E-state index in [1.807, 2.05) is 0 Å². The van der Waals surface area contributed by atoms with Gasteiger partial charge in [-0.2, -0.15) is 0 Å². The van der Waals surface area contributed by atoms with Crippen LogP contribution in [0.15, 0.2) is 84.9 Å². The third-order valence-corrected chi connectivity index (χ3v) is 6.71. The van der Waals surface area contributed by atoms with Crippen LogP contribution in [0.1, 0.15) is 42.3 Å². The third kappa shape index (κ3) is 4.14. The van der Waals surface area contributed by atoms with Gasteiger partial charge in [-0.25, -0.2) is 0 Å². The highest BCUT2D eigenvalue weighted by atomic mass is 16.3. The van der Waals surface area contributed by atoms with Crippen LogP contribution in [0.3, 0.4) is 0 Å². The summed E-state index contributed by atoms with van der Waals surface area (Å²) in [4.78, 5) is 2.62. The van der Waals surface area contributed by atoms with Gasteiger partial charge < -0.3 is 5.11 Å². The molecule has 29 heavy (non-hydrogen) atoms. The van der Waals surface area contributed by atoms with Gasteiger partial charge >= 0.3 is 0 Å². The largest absolute Gasteiger partial charge is 0.393 e. The Kier molecular flexibility index (Phi) is 5.22. The monoisotopic (exact) mass is 383 g/mol. The van der Waals surface area contributed by atoms with Gasteiger partial charge in [0.05, 0.1) is 6.10 Å². The fourth-order valence-electron chi connectivity index (χ4n) is 4.95. The molecule has 0 spiro atoms. The lowest BCUT2D eigenvalue weighted by Gasteiger charge is -2.38. The molecule has 1 saturated heterocycles. The lowest BCUT2D eigenvalue weighted by Crippen LogP contribution is -2.40. The second kappa shape index (κ2) is 8.14. The summed E-state index contributed by atoms with van der Waals surface area (Å²) in [5.74, 6) is 1.46. The molecular weight excluding hydrogens is 354 g/mol. The molecule has 1 N–H and O–H groups in total. The molecule has 0 amide bonds. The number of nitrogens with zero attached hydrogens (tertiary/aromatic N) is 1. The number of rotatable bonds is 5. The molecule has 3 aromatic rings. The maximum absolute atomic E-state index is 10.3. The third-order valence-electron chi connectivity index (χ3n) is 6.71. The zero-order valence-corrected chi connectivity index (χ0v) is 16.8. The summed E-state index contributed by atoms with van der Waals surface area (Å²) in [5, 5.41) is 10.3. The predicted octanol–water partition coefficient (Wildman–Crippen LogP) is 5.66. The van der Waals surface area contributed by atoms with Crippen molar-refractivity contribution in [3.63, 3.8) is 0 Å². The summed E-state index contributed by atoms with van der Waals surface area (Å²) in [6.07, 6.45) is 2.84. The van der Waals surface area contributed by atoms with Crippen molar-refractivity contribution in [2.45, 2.75) is 37.3 Å². The molecule has 4 atom stereocenters. The van der Waals surface area contributed by atoms with E-state index in [1.54, 1.807) is 0 Å². The van der Waals surface area contributed by atoms with E-state index in [-0.39, 0.29) is 6.10 Å². The first-order valence-corrected chi connectivity index (χ1v) is 10.9. The fraction of sp³-hybridized carbons (Fsp3) is 0.333. The molecule has 0 aromatic heterocycles. The van der Waals surface area contributed by atoms with Gasteiger partial charge in [0.2, 0.25) is 0 Å². The Morgan fingerprint density at radius 2 is 1.38 bits per heavy atom. The van der Waals surface area contributed by atoms with Crippen molar-refractivity contribution < 1.29 is 5.11 Å². The van der Waals surface area contributed by atoms with Gasteiger partial charge in [-0.15, -0.1) is 0 Å². The molecule has 0 bridgehead atoms. The topological polar surface area (TPSA) is 23.5 Å². The van der Waals surface area contributed by atoms with Crippen molar-refractivity contribution in [2.75, 3.05) is 13.1 Å². The molecule has 1 saturated carbocycles. The van der Waals surface area contributed by atoms with E-state index >= 15 is 0 Å². The molecule has 148 valence electrons. The predicted molar refractivity (Wildman–Crippen MR) is 119 cm³/mol. The number of hydrogen-bond acceptors (Lipinski definition) is 2. The van der Waals surface area contributed by atoms with Crippen molar-refractivity contribution in [1.29, 1.82) is 0 Å². The maximum Gasteiger partial charge on any atom is 0.0570 e. The van der Waals surface area contributed by atoms with Gasteiger partial charge in [0.15, 0.2) is 0 Å². The number of aliphatic hydroxyl groups is 1. The molecule has 5 rings (SSSR count). The SMILES string of the molecule is OC1CCN(CC2CC2c2ccccc2)C(c2ccc(-c3ccccc3)cc2)C1. The minimum atomic E-state index is -0.186. The Balaban J connectivity index is 1.31. The summed E-state index contributed by atoms with van der Waals surface area (Å²) < 4.78 is 0. The normalized spacial score (nSPS) is 26.9. The van der Waals surface area contributed by atoms with E-state index in [4.69, 9.17) is 0 Å². The van der Waals surface area contributed by atoms with Crippen molar-refractivity contribution in [3.05, 3.63) is 96.1 Å². The van der Waals surface area contributed by atoms with E-state index in [0.29, 0.717) is 12.0 Å². The number of hydrogen-bond donors (Lipinski definition) is 1. The van der Waals surface area contributed by atoms with Crippen molar-refractivity contribution in [2.24, 2.45) is 5.92 Å².